The molecule has 0 bridgehead atoms. The third-order valence-corrected chi connectivity index (χ3v) is 3.68. The Hall–Kier alpha value is -1.38. The van der Waals surface area contributed by atoms with Crippen LogP contribution in [-0.2, 0) is 6.54 Å². The van der Waals surface area contributed by atoms with Crippen LogP contribution in [0.3, 0.4) is 0 Å². The van der Waals surface area contributed by atoms with E-state index in [0.717, 1.165) is 6.54 Å². The summed E-state index contributed by atoms with van der Waals surface area (Å²) in [6, 6.07) is 15.3. The Bertz CT molecular complexity index is 515. The number of hydrogen-bond donors (Lipinski definition) is 1. The van der Waals surface area contributed by atoms with Gasteiger partial charge in [0.15, 0.2) is 0 Å². The molecule has 0 radical (unpaired) electrons. The van der Waals surface area contributed by atoms with Crippen LogP contribution in [0.15, 0.2) is 42.5 Å². The summed E-state index contributed by atoms with van der Waals surface area (Å²) in [7, 11) is 0. The first-order valence-corrected chi connectivity index (χ1v) is 6.88. The Kier molecular flexibility index (Phi) is 3.58. The second-order valence-corrected chi connectivity index (χ2v) is 5.06. The first-order chi connectivity index (χ1) is 8.92. The van der Waals surface area contributed by atoms with Crippen molar-refractivity contribution in [1.29, 1.82) is 0 Å². The molecule has 2 heteroatoms. The number of hydrogen-bond acceptors (Lipinski definition) is 2. The zero-order chi connectivity index (χ0) is 12.2. The zero-order valence-corrected chi connectivity index (χ0v) is 10.7. The summed E-state index contributed by atoms with van der Waals surface area (Å²) in [6.07, 6.45) is 4.03. The molecule has 1 heterocycles. The minimum Gasteiger partial charge on any atom is -0.251 e. The average Bonchev–Trinajstić information content (AvgIpc) is 2.46. The lowest BCUT2D eigenvalue weighted by Gasteiger charge is -2.27. The van der Waals surface area contributed by atoms with Gasteiger partial charge in [-0.2, -0.15) is 0 Å². The molecule has 94 valence electrons. The Morgan fingerprint density at radius 2 is 1.67 bits per heavy atom. The van der Waals surface area contributed by atoms with E-state index in [1.54, 1.807) is 0 Å². The molecule has 2 aromatic rings. The van der Waals surface area contributed by atoms with Crippen molar-refractivity contribution in [3.8, 4) is 0 Å². The molecule has 18 heavy (non-hydrogen) atoms. The molecular weight excluding hydrogens is 220 g/mol. The molecule has 1 saturated heterocycles. The van der Waals surface area contributed by atoms with Crippen molar-refractivity contribution in [3.63, 3.8) is 0 Å². The van der Waals surface area contributed by atoms with E-state index < -0.39 is 0 Å². The van der Waals surface area contributed by atoms with Crippen molar-refractivity contribution in [2.24, 2.45) is 0 Å². The Morgan fingerprint density at radius 1 is 0.889 bits per heavy atom. The number of rotatable bonds is 3. The summed E-state index contributed by atoms with van der Waals surface area (Å²) in [6.45, 7) is 3.31. The highest BCUT2D eigenvalue weighted by Crippen LogP contribution is 2.15. The molecule has 1 aliphatic heterocycles. The topological polar surface area (TPSA) is 15.3 Å². The molecule has 0 atom stereocenters. The van der Waals surface area contributed by atoms with Crippen LogP contribution >= 0.6 is 0 Å². The summed E-state index contributed by atoms with van der Waals surface area (Å²) in [5.41, 5.74) is 4.90. The fourth-order valence-corrected chi connectivity index (χ4v) is 2.60. The van der Waals surface area contributed by atoms with Crippen LogP contribution in [0.25, 0.3) is 10.8 Å². The van der Waals surface area contributed by atoms with Gasteiger partial charge in [-0.15, -0.1) is 0 Å². The van der Waals surface area contributed by atoms with Gasteiger partial charge in [0.1, 0.15) is 0 Å². The molecule has 0 unspecified atom stereocenters. The SMILES string of the molecule is c1ccc2cc(CNN3CCCCC3)ccc2c1. The number of hydrazine groups is 1. The van der Waals surface area contributed by atoms with Crippen molar-refractivity contribution in [2.45, 2.75) is 25.8 Å². The quantitative estimate of drug-likeness (QED) is 0.885. The molecule has 1 fully saturated rings. The van der Waals surface area contributed by atoms with E-state index in [1.807, 2.05) is 0 Å². The largest absolute Gasteiger partial charge is 0.251 e. The van der Waals surface area contributed by atoms with Crippen LogP contribution in [0.5, 0.6) is 0 Å². The highest BCUT2D eigenvalue weighted by atomic mass is 15.5. The highest BCUT2D eigenvalue weighted by molar-refractivity contribution is 5.82. The predicted octanol–water partition coefficient (Wildman–Crippen LogP) is 3.33. The summed E-state index contributed by atoms with van der Waals surface area (Å²) in [5.74, 6) is 0. The first-order valence-electron chi connectivity index (χ1n) is 6.88. The lowest BCUT2D eigenvalue weighted by molar-refractivity contribution is 0.151. The minimum absolute atomic E-state index is 0.935. The number of nitrogens with zero attached hydrogens (tertiary/aromatic N) is 1. The van der Waals surface area contributed by atoms with Gasteiger partial charge in [0.25, 0.3) is 0 Å². The first kappa shape index (κ1) is 11.7. The van der Waals surface area contributed by atoms with E-state index in [-0.39, 0.29) is 0 Å². The fraction of sp³-hybridized carbons (Fsp3) is 0.375. The molecule has 0 amide bonds. The molecule has 1 N–H and O–H groups in total. The lowest BCUT2D eigenvalue weighted by atomic mass is 10.1. The van der Waals surface area contributed by atoms with Crippen molar-refractivity contribution >= 4 is 10.8 Å². The Morgan fingerprint density at radius 3 is 2.50 bits per heavy atom. The van der Waals surface area contributed by atoms with E-state index in [1.165, 1.54) is 48.7 Å². The third-order valence-electron chi connectivity index (χ3n) is 3.68. The fourth-order valence-electron chi connectivity index (χ4n) is 2.60. The van der Waals surface area contributed by atoms with E-state index in [9.17, 15) is 0 Å². The standard InChI is InChI=1S/C16H20N2/c1-4-10-18(11-5-1)17-13-14-8-9-15-6-2-3-7-16(15)12-14/h2-3,6-9,12,17H,1,4-5,10-11,13H2. The molecule has 0 spiro atoms. The summed E-state index contributed by atoms with van der Waals surface area (Å²) in [5, 5.41) is 5.01. The molecule has 1 aliphatic rings. The third kappa shape index (κ3) is 2.71. The van der Waals surface area contributed by atoms with Gasteiger partial charge >= 0.3 is 0 Å². The van der Waals surface area contributed by atoms with Crippen molar-refractivity contribution < 1.29 is 0 Å². The average molecular weight is 240 g/mol. The molecule has 0 aliphatic carbocycles. The van der Waals surface area contributed by atoms with Gasteiger partial charge in [-0.3, -0.25) is 5.43 Å². The molecule has 3 rings (SSSR count). The van der Waals surface area contributed by atoms with Gasteiger partial charge in [-0.05, 0) is 35.2 Å². The van der Waals surface area contributed by atoms with Crippen molar-refractivity contribution in [1.82, 2.24) is 10.4 Å². The van der Waals surface area contributed by atoms with Gasteiger partial charge in [-0.25, -0.2) is 5.01 Å². The molecule has 2 nitrogen and oxygen atoms in total. The van der Waals surface area contributed by atoms with Gasteiger partial charge < -0.3 is 0 Å². The number of nitrogens with one attached hydrogen (secondary N) is 1. The van der Waals surface area contributed by atoms with Crippen molar-refractivity contribution in [2.75, 3.05) is 13.1 Å². The Labute approximate surface area is 109 Å². The normalized spacial score (nSPS) is 17.1. The predicted molar refractivity (Wildman–Crippen MR) is 76.2 cm³/mol. The number of piperidine rings is 1. The van der Waals surface area contributed by atoms with Gasteiger partial charge in [0.05, 0.1) is 0 Å². The zero-order valence-electron chi connectivity index (χ0n) is 10.7. The van der Waals surface area contributed by atoms with Gasteiger partial charge in [0.2, 0.25) is 0 Å². The second-order valence-electron chi connectivity index (χ2n) is 5.06. The highest BCUT2D eigenvalue weighted by Gasteiger charge is 2.08. The number of fused-ring (bicyclic) bond motifs is 1. The van der Waals surface area contributed by atoms with E-state index in [2.05, 4.69) is 52.9 Å². The maximum atomic E-state index is 3.54. The monoisotopic (exact) mass is 240 g/mol. The smallest absolute Gasteiger partial charge is 0.0353 e. The molecule has 0 aromatic heterocycles. The molecule has 2 aromatic carbocycles. The van der Waals surface area contributed by atoms with Crippen molar-refractivity contribution in [3.05, 3.63) is 48.0 Å². The summed E-state index contributed by atoms with van der Waals surface area (Å²) in [4.78, 5) is 0. The summed E-state index contributed by atoms with van der Waals surface area (Å²) < 4.78 is 0. The van der Waals surface area contributed by atoms with Crippen LogP contribution < -0.4 is 5.43 Å². The maximum absolute atomic E-state index is 3.54. The van der Waals surface area contributed by atoms with Gasteiger partial charge in [0, 0.05) is 19.6 Å². The van der Waals surface area contributed by atoms with E-state index >= 15 is 0 Å². The van der Waals surface area contributed by atoms with E-state index in [0.29, 0.717) is 0 Å². The Balaban J connectivity index is 1.66. The second kappa shape index (κ2) is 5.51. The van der Waals surface area contributed by atoms with Crippen LogP contribution in [-0.4, -0.2) is 18.1 Å². The van der Waals surface area contributed by atoms with Crippen LogP contribution in [0.4, 0.5) is 0 Å². The minimum atomic E-state index is 0.935. The summed E-state index contributed by atoms with van der Waals surface area (Å²) >= 11 is 0. The van der Waals surface area contributed by atoms with E-state index in [4.69, 9.17) is 0 Å². The molecular formula is C16H20N2. The van der Waals surface area contributed by atoms with Crippen LogP contribution in [0.1, 0.15) is 24.8 Å². The van der Waals surface area contributed by atoms with Gasteiger partial charge in [-0.1, -0.05) is 42.8 Å². The maximum Gasteiger partial charge on any atom is 0.0353 e. The number of benzene rings is 2. The van der Waals surface area contributed by atoms with Crippen LogP contribution in [0.2, 0.25) is 0 Å². The lowest BCUT2D eigenvalue weighted by Crippen LogP contribution is -2.41. The molecule has 0 saturated carbocycles. The van der Waals surface area contributed by atoms with Crippen LogP contribution in [0, 0.1) is 0 Å².